The first-order valence-corrected chi connectivity index (χ1v) is 12.0. The van der Waals surface area contributed by atoms with Crippen molar-refractivity contribution >= 4 is 17.4 Å². The monoisotopic (exact) mass is 474 g/mol. The molecule has 1 saturated heterocycles. The first-order valence-electron chi connectivity index (χ1n) is 12.0. The molecule has 2 aliphatic rings. The number of hydrogen-bond donors (Lipinski definition) is 3. The Hall–Kier alpha value is -3.78. The number of anilines is 2. The molecule has 0 radical (unpaired) electrons. The summed E-state index contributed by atoms with van der Waals surface area (Å²) in [5.41, 5.74) is 3.81. The number of aliphatic hydroxyl groups is 1. The molecule has 8 nitrogen and oxygen atoms in total. The number of ether oxygens (including phenoxy) is 2. The van der Waals surface area contributed by atoms with Crippen LogP contribution in [0.25, 0.3) is 0 Å². The van der Waals surface area contributed by atoms with Gasteiger partial charge in [0.1, 0.15) is 6.04 Å². The van der Waals surface area contributed by atoms with Crippen molar-refractivity contribution in [1.29, 1.82) is 0 Å². The molecule has 35 heavy (non-hydrogen) atoms. The third-order valence-electron chi connectivity index (χ3n) is 6.56. The van der Waals surface area contributed by atoms with Gasteiger partial charge in [-0.05, 0) is 67.1 Å². The van der Waals surface area contributed by atoms with Gasteiger partial charge >= 0.3 is 6.03 Å². The summed E-state index contributed by atoms with van der Waals surface area (Å²) in [6.07, 6.45) is 7.38. The zero-order valence-corrected chi connectivity index (χ0v) is 19.7. The standard InChI is InChI=1S/C27H30N4O4/c1-34-23-13-12-21(15-24(23)35-22-6-2-3-7-22)31(17-18-5-4-14-28-16-18)20-10-8-19(9-11-20)25-26(32)30-27(33)29-25/h4-5,8-16,22,25-26,32H,2-3,6-7,17H2,1H3,(H2,29,30,33). The third kappa shape index (κ3) is 5.17. The van der Waals surface area contributed by atoms with Crippen LogP contribution in [0.2, 0.25) is 0 Å². The Morgan fingerprint density at radius 2 is 1.80 bits per heavy atom. The van der Waals surface area contributed by atoms with E-state index in [2.05, 4.69) is 20.5 Å². The summed E-state index contributed by atoms with van der Waals surface area (Å²) in [5, 5.41) is 15.3. The number of aliphatic hydroxyl groups excluding tert-OH is 1. The lowest BCUT2D eigenvalue weighted by atomic mass is 10.1. The van der Waals surface area contributed by atoms with Crippen LogP contribution >= 0.6 is 0 Å². The molecule has 1 aromatic heterocycles. The van der Waals surface area contributed by atoms with Crippen LogP contribution in [0.1, 0.15) is 42.9 Å². The average Bonchev–Trinajstić information content (AvgIpc) is 3.52. The summed E-state index contributed by atoms with van der Waals surface area (Å²) >= 11 is 0. The summed E-state index contributed by atoms with van der Waals surface area (Å²) in [6, 6.07) is 16.9. The van der Waals surface area contributed by atoms with Crippen molar-refractivity contribution in [3.05, 3.63) is 78.1 Å². The van der Waals surface area contributed by atoms with E-state index in [1.54, 1.807) is 13.3 Å². The number of benzene rings is 2. The van der Waals surface area contributed by atoms with Gasteiger partial charge in [0, 0.05) is 36.4 Å². The van der Waals surface area contributed by atoms with E-state index in [1.165, 1.54) is 12.8 Å². The van der Waals surface area contributed by atoms with Crippen molar-refractivity contribution in [3.8, 4) is 11.5 Å². The van der Waals surface area contributed by atoms with E-state index in [1.807, 2.05) is 60.8 Å². The lowest BCUT2D eigenvalue weighted by Crippen LogP contribution is -2.26. The molecule has 2 aromatic carbocycles. The minimum Gasteiger partial charge on any atom is -0.493 e. The van der Waals surface area contributed by atoms with Crippen molar-refractivity contribution < 1.29 is 19.4 Å². The Morgan fingerprint density at radius 3 is 2.46 bits per heavy atom. The van der Waals surface area contributed by atoms with Gasteiger partial charge in [-0.1, -0.05) is 18.2 Å². The second-order valence-corrected chi connectivity index (χ2v) is 8.94. The van der Waals surface area contributed by atoms with Gasteiger partial charge in [0.2, 0.25) is 0 Å². The predicted octanol–water partition coefficient (Wildman–Crippen LogP) is 4.42. The maximum absolute atomic E-state index is 11.6. The first kappa shape index (κ1) is 23.0. The highest BCUT2D eigenvalue weighted by molar-refractivity contribution is 5.77. The first-order chi connectivity index (χ1) is 17.1. The maximum Gasteiger partial charge on any atom is 0.317 e. The van der Waals surface area contributed by atoms with E-state index >= 15 is 0 Å². The van der Waals surface area contributed by atoms with Crippen molar-refractivity contribution in [1.82, 2.24) is 15.6 Å². The van der Waals surface area contributed by atoms with Crippen molar-refractivity contribution in [2.75, 3.05) is 12.0 Å². The molecule has 2 fully saturated rings. The van der Waals surface area contributed by atoms with E-state index in [-0.39, 0.29) is 12.1 Å². The number of hydrogen-bond acceptors (Lipinski definition) is 6. The van der Waals surface area contributed by atoms with E-state index in [4.69, 9.17) is 9.47 Å². The summed E-state index contributed by atoms with van der Waals surface area (Å²) in [6.45, 7) is 0.604. The van der Waals surface area contributed by atoms with E-state index < -0.39 is 12.3 Å². The van der Waals surface area contributed by atoms with Gasteiger partial charge < -0.3 is 30.1 Å². The zero-order chi connectivity index (χ0) is 24.2. The number of urea groups is 1. The van der Waals surface area contributed by atoms with Crippen LogP contribution in [-0.4, -0.2) is 35.6 Å². The highest BCUT2D eigenvalue weighted by Gasteiger charge is 2.31. The minimum absolute atomic E-state index is 0.215. The molecule has 5 rings (SSSR count). The second-order valence-electron chi connectivity index (χ2n) is 8.94. The molecule has 1 saturated carbocycles. The van der Waals surface area contributed by atoms with Gasteiger partial charge in [-0.25, -0.2) is 4.79 Å². The molecule has 2 unspecified atom stereocenters. The number of nitrogens with zero attached hydrogens (tertiary/aromatic N) is 2. The van der Waals surface area contributed by atoms with Crippen molar-refractivity contribution in [2.45, 2.75) is 50.6 Å². The summed E-state index contributed by atoms with van der Waals surface area (Å²) < 4.78 is 11.9. The molecular formula is C27H30N4O4. The topological polar surface area (TPSA) is 96.0 Å². The molecule has 2 heterocycles. The van der Waals surface area contributed by atoms with Gasteiger partial charge in [-0.3, -0.25) is 4.98 Å². The van der Waals surface area contributed by atoms with Crippen LogP contribution in [0.3, 0.4) is 0 Å². The molecular weight excluding hydrogens is 444 g/mol. The fourth-order valence-corrected chi connectivity index (χ4v) is 4.72. The maximum atomic E-state index is 11.6. The fraction of sp³-hybridized carbons (Fsp3) is 0.333. The van der Waals surface area contributed by atoms with Gasteiger partial charge in [0.25, 0.3) is 0 Å². The molecule has 1 aliphatic heterocycles. The van der Waals surface area contributed by atoms with Crippen LogP contribution in [0.15, 0.2) is 67.0 Å². The normalized spacial score (nSPS) is 19.8. The highest BCUT2D eigenvalue weighted by Crippen LogP contribution is 2.38. The number of carbonyl (C=O) groups is 1. The number of methoxy groups -OCH3 is 1. The van der Waals surface area contributed by atoms with Gasteiger partial charge in [0.15, 0.2) is 17.7 Å². The molecule has 8 heteroatoms. The number of nitrogens with one attached hydrogen (secondary N) is 2. The molecule has 3 N–H and O–H groups in total. The van der Waals surface area contributed by atoms with Crippen LogP contribution in [0.5, 0.6) is 11.5 Å². The van der Waals surface area contributed by atoms with Crippen LogP contribution in [0.4, 0.5) is 16.2 Å². The summed E-state index contributed by atoms with van der Waals surface area (Å²) in [4.78, 5) is 18.0. The second kappa shape index (κ2) is 10.2. The quantitative estimate of drug-likeness (QED) is 0.447. The minimum atomic E-state index is -0.961. The zero-order valence-electron chi connectivity index (χ0n) is 19.7. The van der Waals surface area contributed by atoms with Crippen LogP contribution < -0.4 is 25.0 Å². The number of aromatic nitrogens is 1. The Balaban J connectivity index is 1.47. The molecule has 0 bridgehead atoms. The Bertz CT molecular complexity index is 1150. The summed E-state index contributed by atoms with van der Waals surface area (Å²) in [5.74, 6) is 1.46. The molecule has 0 spiro atoms. The number of amides is 2. The molecule has 182 valence electrons. The van der Waals surface area contributed by atoms with Crippen LogP contribution in [0, 0.1) is 0 Å². The van der Waals surface area contributed by atoms with Crippen molar-refractivity contribution in [2.24, 2.45) is 0 Å². The Morgan fingerprint density at radius 1 is 1.03 bits per heavy atom. The lowest BCUT2D eigenvalue weighted by Gasteiger charge is -2.27. The number of carbonyl (C=O) groups excluding carboxylic acids is 1. The number of rotatable bonds is 8. The predicted molar refractivity (Wildman–Crippen MR) is 133 cm³/mol. The molecule has 1 aliphatic carbocycles. The van der Waals surface area contributed by atoms with Crippen LogP contribution in [-0.2, 0) is 6.54 Å². The average molecular weight is 475 g/mol. The Labute approximate surface area is 204 Å². The van der Waals surface area contributed by atoms with Gasteiger partial charge in [0.05, 0.1) is 13.2 Å². The van der Waals surface area contributed by atoms with Gasteiger partial charge in [-0.15, -0.1) is 0 Å². The van der Waals surface area contributed by atoms with E-state index in [0.29, 0.717) is 6.54 Å². The lowest BCUT2D eigenvalue weighted by molar-refractivity contribution is 0.140. The van der Waals surface area contributed by atoms with Gasteiger partial charge in [-0.2, -0.15) is 0 Å². The smallest absolute Gasteiger partial charge is 0.317 e. The van der Waals surface area contributed by atoms with Crippen molar-refractivity contribution in [3.63, 3.8) is 0 Å². The number of pyridine rings is 1. The molecule has 2 amide bonds. The SMILES string of the molecule is COc1ccc(N(Cc2cccnc2)c2ccc(C3NC(=O)NC3O)cc2)cc1OC1CCCC1. The molecule has 2 atom stereocenters. The molecule has 3 aromatic rings. The third-order valence-corrected chi connectivity index (χ3v) is 6.56. The van der Waals surface area contributed by atoms with E-state index in [0.717, 1.165) is 46.8 Å². The largest absolute Gasteiger partial charge is 0.493 e. The van der Waals surface area contributed by atoms with E-state index in [9.17, 15) is 9.90 Å². The highest BCUT2D eigenvalue weighted by atomic mass is 16.5. The Kier molecular flexibility index (Phi) is 6.72. The fourth-order valence-electron chi connectivity index (χ4n) is 4.72. The summed E-state index contributed by atoms with van der Waals surface area (Å²) in [7, 11) is 1.66.